The third-order valence-corrected chi connectivity index (χ3v) is 4.82. The molecule has 1 nitrogen and oxygen atoms in total. The van der Waals surface area contributed by atoms with E-state index in [0.29, 0.717) is 17.0 Å². The first-order valence-corrected chi connectivity index (χ1v) is 8.09. The van der Waals surface area contributed by atoms with Gasteiger partial charge in [-0.3, -0.25) is 0 Å². The lowest BCUT2D eigenvalue weighted by atomic mass is 9.98. The predicted octanol–water partition coefficient (Wildman–Crippen LogP) is 5.12. The summed E-state index contributed by atoms with van der Waals surface area (Å²) >= 11 is 8.31. The number of nitrogens with one attached hydrogen (secondary N) is 1. The molecule has 0 aliphatic rings. The number of benzene rings is 2. The number of halogens is 4. The van der Waals surface area contributed by atoms with Crippen LogP contribution in [0.4, 0.5) is 8.78 Å². The van der Waals surface area contributed by atoms with Crippen LogP contribution < -0.4 is 5.32 Å². The van der Waals surface area contributed by atoms with Gasteiger partial charge in [-0.1, -0.05) is 36.7 Å². The van der Waals surface area contributed by atoms with E-state index < -0.39 is 11.6 Å². The SMILES string of the molecule is CCNC(Cc1cccc(F)c1F)c1ccc(I)c(Cl)c1. The van der Waals surface area contributed by atoms with Crippen molar-refractivity contribution in [2.75, 3.05) is 6.54 Å². The Morgan fingerprint density at radius 1 is 1.24 bits per heavy atom. The minimum Gasteiger partial charge on any atom is -0.310 e. The molecule has 0 aliphatic carbocycles. The Balaban J connectivity index is 2.30. The van der Waals surface area contributed by atoms with Crippen LogP contribution in [0.5, 0.6) is 0 Å². The molecule has 0 heterocycles. The molecule has 0 amide bonds. The van der Waals surface area contributed by atoms with Gasteiger partial charge < -0.3 is 5.32 Å². The van der Waals surface area contributed by atoms with Gasteiger partial charge in [0, 0.05) is 9.61 Å². The van der Waals surface area contributed by atoms with Gasteiger partial charge in [-0.05, 0) is 64.9 Å². The average Bonchev–Trinajstić information content (AvgIpc) is 2.46. The van der Waals surface area contributed by atoms with Crippen molar-refractivity contribution < 1.29 is 8.78 Å². The van der Waals surface area contributed by atoms with Crippen molar-refractivity contribution in [2.45, 2.75) is 19.4 Å². The molecule has 2 aromatic rings. The van der Waals surface area contributed by atoms with Crippen LogP contribution >= 0.6 is 34.2 Å². The third-order valence-electron chi connectivity index (χ3n) is 3.25. The lowest BCUT2D eigenvalue weighted by molar-refractivity contribution is 0.481. The summed E-state index contributed by atoms with van der Waals surface area (Å²) in [6.07, 6.45) is 0.369. The van der Waals surface area contributed by atoms with Crippen LogP contribution in [0.25, 0.3) is 0 Å². The first-order chi connectivity index (χ1) is 10.0. The number of hydrogen-bond acceptors (Lipinski definition) is 1. The molecule has 5 heteroatoms. The Morgan fingerprint density at radius 3 is 2.67 bits per heavy atom. The Morgan fingerprint density at radius 2 is 2.00 bits per heavy atom. The smallest absolute Gasteiger partial charge is 0.162 e. The zero-order chi connectivity index (χ0) is 15.4. The molecule has 0 bridgehead atoms. The molecule has 0 spiro atoms. The van der Waals surface area contributed by atoms with E-state index in [2.05, 4.69) is 27.9 Å². The van der Waals surface area contributed by atoms with E-state index in [1.165, 1.54) is 6.07 Å². The molecule has 0 saturated carbocycles. The van der Waals surface area contributed by atoms with Crippen molar-refractivity contribution in [1.82, 2.24) is 5.32 Å². The second-order valence-corrected chi connectivity index (χ2v) is 6.27. The van der Waals surface area contributed by atoms with E-state index in [0.717, 1.165) is 21.7 Å². The van der Waals surface area contributed by atoms with E-state index in [9.17, 15) is 8.78 Å². The molecule has 0 saturated heterocycles. The molecule has 2 rings (SSSR count). The lowest BCUT2D eigenvalue weighted by Crippen LogP contribution is -2.23. The van der Waals surface area contributed by atoms with Gasteiger partial charge in [-0.15, -0.1) is 0 Å². The quantitative estimate of drug-likeness (QED) is 0.661. The Hall–Kier alpha value is -0.720. The van der Waals surface area contributed by atoms with Crippen molar-refractivity contribution in [2.24, 2.45) is 0 Å². The van der Waals surface area contributed by atoms with E-state index in [1.54, 1.807) is 6.07 Å². The van der Waals surface area contributed by atoms with Gasteiger partial charge in [0.15, 0.2) is 11.6 Å². The van der Waals surface area contributed by atoms with Crippen LogP contribution in [0.3, 0.4) is 0 Å². The molecule has 1 unspecified atom stereocenters. The van der Waals surface area contributed by atoms with Crippen LogP contribution in [0.1, 0.15) is 24.1 Å². The van der Waals surface area contributed by atoms with Crippen molar-refractivity contribution in [3.63, 3.8) is 0 Å². The summed E-state index contributed by atoms with van der Waals surface area (Å²) in [6.45, 7) is 2.70. The minimum absolute atomic E-state index is 0.110. The largest absolute Gasteiger partial charge is 0.310 e. The summed E-state index contributed by atoms with van der Waals surface area (Å²) in [4.78, 5) is 0. The summed E-state index contributed by atoms with van der Waals surface area (Å²) in [6, 6.07) is 9.90. The van der Waals surface area contributed by atoms with E-state index in [-0.39, 0.29) is 6.04 Å². The molecule has 1 N–H and O–H groups in total. The first kappa shape index (κ1) is 16.6. The molecular weight excluding hydrogens is 407 g/mol. The second-order valence-electron chi connectivity index (χ2n) is 4.70. The highest BCUT2D eigenvalue weighted by Gasteiger charge is 2.16. The normalized spacial score (nSPS) is 12.4. The maximum Gasteiger partial charge on any atom is 0.162 e. The van der Waals surface area contributed by atoms with Gasteiger partial charge in [0.05, 0.1) is 5.02 Å². The Kier molecular flexibility index (Phi) is 5.96. The summed E-state index contributed by atoms with van der Waals surface area (Å²) in [5.41, 5.74) is 1.32. The van der Waals surface area contributed by atoms with Crippen molar-refractivity contribution in [1.29, 1.82) is 0 Å². The van der Waals surface area contributed by atoms with Gasteiger partial charge in [-0.2, -0.15) is 0 Å². The van der Waals surface area contributed by atoms with Crippen LogP contribution in [0, 0.1) is 15.2 Å². The van der Waals surface area contributed by atoms with Crippen LogP contribution in [0.15, 0.2) is 36.4 Å². The molecule has 112 valence electrons. The molecule has 0 radical (unpaired) electrons. The minimum atomic E-state index is -0.816. The molecule has 0 aliphatic heterocycles. The number of hydrogen-bond donors (Lipinski definition) is 1. The molecule has 0 fully saturated rings. The highest BCUT2D eigenvalue weighted by atomic mass is 127. The first-order valence-electron chi connectivity index (χ1n) is 6.64. The maximum atomic E-state index is 13.8. The summed E-state index contributed by atoms with van der Waals surface area (Å²) in [5.74, 6) is -1.60. The molecule has 1 atom stereocenters. The fourth-order valence-corrected chi connectivity index (χ4v) is 2.73. The van der Waals surface area contributed by atoms with Gasteiger partial charge in [-0.25, -0.2) is 8.78 Å². The predicted molar refractivity (Wildman–Crippen MR) is 90.6 cm³/mol. The van der Waals surface area contributed by atoms with Crippen molar-refractivity contribution in [3.8, 4) is 0 Å². The maximum absolute atomic E-state index is 13.8. The van der Waals surface area contributed by atoms with Crippen LogP contribution in [-0.2, 0) is 6.42 Å². The molecular formula is C16H15ClF2IN. The molecule has 21 heavy (non-hydrogen) atoms. The number of likely N-dealkylation sites (N-methyl/N-ethyl adjacent to an activating group) is 1. The van der Waals surface area contributed by atoms with Gasteiger partial charge in [0.1, 0.15) is 0 Å². The lowest BCUT2D eigenvalue weighted by Gasteiger charge is -2.19. The topological polar surface area (TPSA) is 12.0 Å². The molecule has 2 aromatic carbocycles. The summed E-state index contributed by atoms with van der Waals surface area (Å²) in [5, 5.41) is 3.95. The molecule has 0 aromatic heterocycles. The van der Waals surface area contributed by atoms with Gasteiger partial charge in [0.25, 0.3) is 0 Å². The average molecular weight is 422 g/mol. The zero-order valence-electron chi connectivity index (χ0n) is 11.5. The third kappa shape index (κ3) is 4.14. The van der Waals surface area contributed by atoms with Gasteiger partial charge >= 0.3 is 0 Å². The highest BCUT2D eigenvalue weighted by molar-refractivity contribution is 14.1. The van der Waals surface area contributed by atoms with Crippen molar-refractivity contribution in [3.05, 3.63) is 67.8 Å². The fourth-order valence-electron chi connectivity index (χ4n) is 2.21. The monoisotopic (exact) mass is 421 g/mol. The van der Waals surface area contributed by atoms with Crippen LogP contribution in [-0.4, -0.2) is 6.54 Å². The Bertz CT molecular complexity index is 634. The van der Waals surface area contributed by atoms with E-state index in [1.807, 2.05) is 25.1 Å². The van der Waals surface area contributed by atoms with E-state index >= 15 is 0 Å². The van der Waals surface area contributed by atoms with Gasteiger partial charge in [0.2, 0.25) is 0 Å². The Labute approximate surface area is 141 Å². The second kappa shape index (κ2) is 7.51. The number of rotatable bonds is 5. The van der Waals surface area contributed by atoms with E-state index in [4.69, 9.17) is 11.6 Å². The highest BCUT2D eigenvalue weighted by Crippen LogP contribution is 2.26. The fraction of sp³-hybridized carbons (Fsp3) is 0.250. The summed E-state index contributed by atoms with van der Waals surface area (Å²) < 4.78 is 28.1. The van der Waals surface area contributed by atoms with Crippen molar-refractivity contribution >= 4 is 34.2 Å². The zero-order valence-corrected chi connectivity index (χ0v) is 14.4. The standard InChI is InChI=1S/C16H15ClF2IN/c1-2-21-15(10-6-7-14(20)12(17)8-10)9-11-4-3-5-13(18)16(11)19/h3-8,15,21H,2,9H2,1H3. The van der Waals surface area contributed by atoms with Crippen LogP contribution in [0.2, 0.25) is 5.02 Å². The summed E-state index contributed by atoms with van der Waals surface area (Å²) in [7, 11) is 0.